The van der Waals surface area contributed by atoms with Gasteiger partial charge in [-0.3, -0.25) is 9.59 Å². The first-order chi connectivity index (χ1) is 32.4. The fraction of sp³-hybridized carbons (Fsp3) is 0.490. The number of ether oxygens (including phenoxy) is 2. The van der Waals surface area contributed by atoms with Crippen LogP contribution in [0.2, 0.25) is 0 Å². The Labute approximate surface area is 396 Å². The summed E-state index contributed by atoms with van der Waals surface area (Å²) in [7, 11) is 0. The van der Waals surface area contributed by atoms with Gasteiger partial charge in [-0.25, -0.2) is 28.3 Å². The molecule has 0 radical (unpaired) electrons. The van der Waals surface area contributed by atoms with Crippen LogP contribution in [0.4, 0.5) is 24.1 Å². The number of imidazole rings is 2. The highest BCUT2D eigenvalue weighted by Gasteiger charge is 2.41. The Kier molecular flexibility index (Phi) is 14.1. The molecule has 8 rings (SSSR count). The highest BCUT2D eigenvalue weighted by atomic mass is 19.1. The van der Waals surface area contributed by atoms with E-state index in [4.69, 9.17) is 14.5 Å². The lowest BCUT2D eigenvalue weighted by molar-refractivity contribution is -0.136. The quantitative estimate of drug-likeness (QED) is 0.114. The molecule has 3 aliphatic heterocycles. The Balaban J connectivity index is 0.905. The van der Waals surface area contributed by atoms with E-state index in [1.807, 2.05) is 42.5 Å². The van der Waals surface area contributed by atoms with Gasteiger partial charge in [0.1, 0.15) is 52.3 Å². The number of nitrogens with zero attached hydrogens (tertiary/aromatic N) is 5. The number of benzene rings is 2. The fourth-order valence-corrected chi connectivity index (χ4v) is 9.78. The monoisotopic (exact) mass is 935 g/mol. The van der Waals surface area contributed by atoms with Crippen molar-refractivity contribution in [1.29, 1.82) is 0 Å². The molecule has 17 heteroatoms. The van der Waals surface area contributed by atoms with Gasteiger partial charge in [0.15, 0.2) is 0 Å². The predicted molar refractivity (Wildman–Crippen MR) is 252 cm³/mol. The zero-order valence-electron chi connectivity index (χ0n) is 39.7. The summed E-state index contributed by atoms with van der Waals surface area (Å²) < 4.78 is 43.1. The van der Waals surface area contributed by atoms with E-state index in [2.05, 4.69) is 25.6 Å². The summed E-state index contributed by atoms with van der Waals surface area (Å²) in [5.41, 5.74) is 0.677. The number of likely N-dealkylation sites (tertiary alicyclic amines) is 2. The van der Waals surface area contributed by atoms with Crippen molar-refractivity contribution >= 4 is 29.7 Å². The van der Waals surface area contributed by atoms with Gasteiger partial charge in [-0.15, -0.1) is 0 Å². The molecular weight excluding hydrogens is 873 g/mol. The molecule has 362 valence electrons. The second-order valence-corrected chi connectivity index (χ2v) is 20.2. The molecule has 1 unspecified atom stereocenters. The van der Waals surface area contributed by atoms with Crippen LogP contribution in [0.3, 0.4) is 0 Å². The lowest BCUT2D eigenvalue weighted by atomic mass is 9.91. The first-order valence-corrected chi connectivity index (χ1v) is 23.7. The summed E-state index contributed by atoms with van der Waals surface area (Å²) in [5.74, 6) is -0.955. The maximum absolute atomic E-state index is 16.0. The highest BCUT2D eigenvalue weighted by Crippen LogP contribution is 2.39. The molecular formula is C51H63F2N9O6. The van der Waals surface area contributed by atoms with Crippen molar-refractivity contribution in [3.8, 4) is 11.3 Å². The molecule has 4 N–H and O–H groups in total. The number of H-pyrrole nitrogens is 2. The van der Waals surface area contributed by atoms with Crippen molar-refractivity contribution in [3.05, 3.63) is 114 Å². The third-order valence-corrected chi connectivity index (χ3v) is 12.9. The van der Waals surface area contributed by atoms with Gasteiger partial charge in [-0.1, -0.05) is 54.6 Å². The van der Waals surface area contributed by atoms with Gasteiger partial charge >= 0.3 is 12.2 Å². The van der Waals surface area contributed by atoms with E-state index in [-0.39, 0.29) is 40.9 Å². The molecule has 2 aromatic heterocycles. The van der Waals surface area contributed by atoms with Crippen LogP contribution in [-0.4, -0.2) is 97.2 Å². The van der Waals surface area contributed by atoms with Crippen molar-refractivity contribution in [2.24, 2.45) is 5.92 Å². The first-order valence-electron chi connectivity index (χ1n) is 23.7. The topological polar surface area (TPSA) is 178 Å². The van der Waals surface area contributed by atoms with Crippen LogP contribution in [0.15, 0.2) is 79.2 Å². The summed E-state index contributed by atoms with van der Waals surface area (Å²) in [4.78, 5) is 75.5. The number of carbonyl (C=O) groups is 4. The summed E-state index contributed by atoms with van der Waals surface area (Å²) in [6.45, 7) is 12.4. The second-order valence-electron chi connectivity index (χ2n) is 20.2. The van der Waals surface area contributed by atoms with Crippen LogP contribution in [0.1, 0.15) is 133 Å². The van der Waals surface area contributed by atoms with Crippen molar-refractivity contribution < 1.29 is 37.4 Å². The minimum atomic E-state index is -0.949. The molecule has 3 saturated heterocycles. The van der Waals surface area contributed by atoms with Gasteiger partial charge in [-0.05, 0) is 104 Å². The number of amides is 4. The molecule has 3 fully saturated rings. The molecule has 4 aliphatic rings. The van der Waals surface area contributed by atoms with Crippen molar-refractivity contribution in [1.82, 2.24) is 40.4 Å². The Morgan fingerprint density at radius 1 is 0.735 bits per heavy atom. The molecule has 2 aromatic carbocycles. The van der Waals surface area contributed by atoms with E-state index in [9.17, 15) is 19.2 Å². The van der Waals surface area contributed by atoms with Gasteiger partial charge in [-0.2, -0.15) is 0 Å². The Morgan fingerprint density at radius 3 is 1.93 bits per heavy atom. The van der Waals surface area contributed by atoms with Crippen LogP contribution >= 0.6 is 0 Å². The number of carbonyl (C=O) groups excluding carboxylic acids is 4. The van der Waals surface area contributed by atoms with E-state index in [0.29, 0.717) is 87.6 Å². The molecule has 0 saturated carbocycles. The summed E-state index contributed by atoms with van der Waals surface area (Å²) in [6.07, 6.45) is 14.2. The summed E-state index contributed by atoms with van der Waals surface area (Å²) in [5, 5.41) is 5.62. The predicted octanol–water partition coefficient (Wildman–Crippen LogP) is 9.08. The Morgan fingerprint density at radius 2 is 1.32 bits per heavy atom. The van der Waals surface area contributed by atoms with Gasteiger partial charge in [0.05, 0.1) is 24.0 Å². The SMILES string of the molecule is CC(C)(C)OC(=O)N[C@@H](C(=O)N1CCC[C@H]1c1ncc(C2CCN(c3c(F)cc(-c4cnc([C@@H]5CCCN5C(=O)[C@H](NC(=O)OC(C)(C)C)C5C=CC=CC5)[nH]4)cc3F)CC2)[nH]1)c1ccccc1. The normalized spacial score (nSPS) is 20.9. The third-order valence-electron chi connectivity index (χ3n) is 12.9. The number of hydrogen-bond donors (Lipinski definition) is 4. The standard InChI is InChI=1S/C51H63F2N9O6/c1-50(2,3)67-48(65)58-41(32-15-9-7-10-16-32)46(63)61-23-13-19-39(61)44-54-29-37(56-44)31-21-25-60(26-22-31)43-35(52)27-34(28-36(43)53)38-30-55-45(57-38)40-20-14-24-62(40)47(64)42(33-17-11-8-12-18-33)59-49(66)68-51(4,5)6/h7-12,15-17,27-31,33,39-42H,13-14,18-26H2,1-6H3,(H,54,56)(H,55,57)(H,58,65)(H,59,66)/t33?,39-,40-,41+,42+/m0/s1. The molecule has 15 nitrogen and oxygen atoms in total. The fourth-order valence-electron chi connectivity index (χ4n) is 9.78. The largest absolute Gasteiger partial charge is 0.444 e. The zero-order chi connectivity index (χ0) is 48.3. The number of rotatable bonds is 11. The highest BCUT2D eigenvalue weighted by molar-refractivity contribution is 5.88. The van der Waals surface area contributed by atoms with E-state index in [0.717, 1.165) is 12.1 Å². The number of anilines is 1. The van der Waals surface area contributed by atoms with Crippen LogP contribution in [0.5, 0.6) is 0 Å². The van der Waals surface area contributed by atoms with Crippen molar-refractivity contribution in [3.63, 3.8) is 0 Å². The van der Waals surface area contributed by atoms with Crippen molar-refractivity contribution in [2.45, 2.75) is 128 Å². The lowest BCUT2D eigenvalue weighted by Crippen LogP contribution is -2.52. The first kappa shape index (κ1) is 48.0. The number of piperidine rings is 1. The van der Waals surface area contributed by atoms with Crippen molar-refractivity contribution in [2.75, 3.05) is 31.1 Å². The average molecular weight is 936 g/mol. The van der Waals surface area contributed by atoms with E-state index < -0.39 is 53.1 Å². The summed E-state index contributed by atoms with van der Waals surface area (Å²) >= 11 is 0. The lowest BCUT2D eigenvalue weighted by Gasteiger charge is -2.33. The van der Waals surface area contributed by atoms with Crippen LogP contribution in [0.25, 0.3) is 11.3 Å². The zero-order valence-corrected chi connectivity index (χ0v) is 39.7. The second kappa shape index (κ2) is 20.0. The number of allylic oxidation sites excluding steroid dienone is 3. The van der Waals surface area contributed by atoms with Gasteiger partial charge in [0, 0.05) is 55.5 Å². The summed E-state index contributed by atoms with van der Waals surface area (Å²) in [6, 6.07) is 9.16. The van der Waals surface area contributed by atoms with Gasteiger partial charge < -0.3 is 44.8 Å². The minimum absolute atomic E-state index is 0.0548. The molecule has 1 aliphatic carbocycles. The maximum atomic E-state index is 16.0. The number of halogens is 2. The number of aromatic nitrogens is 4. The molecule has 0 bridgehead atoms. The molecule has 5 heterocycles. The molecule has 4 aromatic rings. The van der Waals surface area contributed by atoms with E-state index in [1.54, 1.807) is 74.6 Å². The van der Waals surface area contributed by atoms with Crippen LogP contribution in [0, 0.1) is 17.6 Å². The van der Waals surface area contributed by atoms with Crippen LogP contribution in [-0.2, 0) is 19.1 Å². The number of alkyl carbamates (subject to hydrolysis) is 2. The molecule has 0 spiro atoms. The average Bonchev–Trinajstić information content (AvgIpc) is 4.14. The van der Waals surface area contributed by atoms with Crippen LogP contribution < -0.4 is 15.5 Å². The van der Waals surface area contributed by atoms with E-state index in [1.165, 1.54) is 18.3 Å². The Hall–Kier alpha value is -6.52. The molecule has 4 amide bonds. The van der Waals surface area contributed by atoms with Gasteiger partial charge in [0.25, 0.3) is 5.91 Å². The number of hydrogen-bond acceptors (Lipinski definition) is 9. The minimum Gasteiger partial charge on any atom is -0.444 e. The maximum Gasteiger partial charge on any atom is 0.408 e. The molecule has 68 heavy (non-hydrogen) atoms. The number of nitrogens with one attached hydrogen (secondary N) is 4. The number of aromatic amines is 2. The Bertz CT molecular complexity index is 2500. The third kappa shape index (κ3) is 11.1. The van der Waals surface area contributed by atoms with Gasteiger partial charge in [0.2, 0.25) is 5.91 Å². The van der Waals surface area contributed by atoms with E-state index >= 15 is 8.78 Å². The smallest absolute Gasteiger partial charge is 0.408 e. The molecule has 5 atom stereocenters.